The number of benzene rings is 1. The molecule has 0 amide bonds. The molecule has 0 bridgehead atoms. The van der Waals surface area contributed by atoms with Crippen LogP contribution in [0.1, 0.15) is 24.2 Å². The van der Waals surface area contributed by atoms with E-state index in [0.29, 0.717) is 19.8 Å². The molecule has 1 saturated heterocycles. The summed E-state index contributed by atoms with van der Waals surface area (Å²) in [6.45, 7) is 3.83. The Morgan fingerprint density at radius 1 is 1.07 bits per heavy atom. The first kappa shape index (κ1) is 18.9. The van der Waals surface area contributed by atoms with Gasteiger partial charge in [-0.15, -0.1) is 10.2 Å². The lowest BCUT2D eigenvalue weighted by molar-refractivity contribution is 0.171. The molecule has 0 unspecified atom stereocenters. The van der Waals surface area contributed by atoms with E-state index in [1.807, 2.05) is 24.3 Å². The van der Waals surface area contributed by atoms with E-state index in [1.165, 1.54) is 12.8 Å². The van der Waals surface area contributed by atoms with Crippen molar-refractivity contribution in [3.8, 4) is 11.5 Å². The number of nitrogens with zero attached hydrogens (tertiary/aromatic N) is 4. The van der Waals surface area contributed by atoms with E-state index in [9.17, 15) is 0 Å². The van der Waals surface area contributed by atoms with Crippen LogP contribution in [-0.4, -0.2) is 41.1 Å². The Bertz CT molecular complexity index is 986. The summed E-state index contributed by atoms with van der Waals surface area (Å²) in [5, 5.41) is 9.88. The Labute approximate surface area is 181 Å². The molecule has 152 valence electrons. The van der Waals surface area contributed by atoms with Gasteiger partial charge in [0, 0.05) is 23.3 Å². The maximum Gasteiger partial charge on any atom is 0.228 e. The number of aromatic nitrogens is 3. The maximum absolute atomic E-state index is 5.73. The first-order valence-electron chi connectivity index (χ1n) is 9.69. The lowest BCUT2D eigenvalue weighted by Gasteiger charge is -2.20. The van der Waals surface area contributed by atoms with E-state index in [4.69, 9.17) is 13.9 Å². The number of rotatable bonds is 6. The molecule has 1 fully saturated rings. The van der Waals surface area contributed by atoms with Crippen LogP contribution in [0.3, 0.4) is 0 Å². The van der Waals surface area contributed by atoms with E-state index in [0.717, 1.165) is 57.2 Å². The molecule has 0 saturated carbocycles. The summed E-state index contributed by atoms with van der Waals surface area (Å²) in [5.74, 6) is 4.14. The first-order chi connectivity index (χ1) is 14.3. The number of fused-ring (bicyclic) bond motifs is 1. The molecule has 7 nitrogen and oxygen atoms in total. The average Bonchev–Trinajstić information content (AvgIpc) is 3.49. The van der Waals surface area contributed by atoms with Gasteiger partial charge in [0.15, 0.2) is 16.7 Å². The predicted molar refractivity (Wildman–Crippen MR) is 114 cm³/mol. The molecule has 2 aromatic heterocycles. The molecule has 0 N–H and O–H groups in total. The molecule has 0 atom stereocenters. The summed E-state index contributed by atoms with van der Waals surface area (Å²) in [6.07, 6.45) is 4.09. The highest BCUT2D eigenvalue weighted by Gasteiger charge is 2.23. The standard InChI is InChI=1S/C20H21BrN4O3S/c21-16-11-18-17(27-8-9-28-18)10-14(16)13-29-20-23-22-19(24-5-1-2-6-24)25(20)12-15-4-3-7-26-15/h3-4,7,10-11H,1-2,5-6,8-9,12-13H2. The van der Waals surface area contributed by atoms with Gasteiger partial charge in [-0.2, -0.15) is 0 Å². The Hall–Kier alpha value is -2.13. The molecule has 2 aliphatic heterocycles. The topological polar surface area (TPSA) is 65.6 Å². The van der Waals surface area contributed by atoms with Crippen LogP contribution in [0.25, 0.3) is 0 Å². The van der Waals surface area contributed by atoms with Crippen LogP contribution in [0.4, 0.5) is 5.95 Å². The number of anilines is 1. The minimum Gasteiger partial charge on any atom is -0.486 e. The van der Waals surface area contributed by atoms with Crippen LogP contribution in [0.5, 0.6) is 11.5 Å². The second-order valence-electron chi connectivity index (χ2n) is 7.02. The van der Waals surface area contributed by atoms with E-state index in [-0.39, 0.29) is 0 Å². The van der Waals surface area contributed by atoms with Crippen molar-refractivity contribution < 1.29 is 13.9 Å². The SMILES string of the molecule is Brc1cc2c(cc1CSc1nnc(N3CCCC3)n1Cc1ccco1)OCCO2. The summed E-state index contributed by atoms with van der Waals surface area (Å²) in [4.78, 5) is 2.31. The van der Waals surface area contributed by atoms with E-state index in [2.05, 4.69) is 35.6 Å². The zero-order valence-corrected chi connectivity index (χ0v) is 18.2. The van der Waals surface area contributed by atoms with E-state index >= 15 is 0 Å². The minimum atomic E-state index is 0.581. The van der Waals surface area contributed by atoms with Gasteiger partial charge in [0.05, 0.1) is 12.8 Å². The minimum absolute atomic E-state index is 0.581. The lowest BCUT2D eigenvalue weighted by atomic mass is 10.2. The largest absolute Gasteiger partial charge is 0.486 e. The highest BCUT2D eigenvalue weighted by molar-refractivity contribution is 9.10. The summed E-state index contributed by atoms with van der Waals surface area (Å²) in [6, 6.07) is 7.92. The van der Waals surface area contributed by atoms with E-state index < -0.39 is 0 Å². The van der Waals surface area contributed by atoms with Crippen molar-refractivity contribution in [3.63, 3.8) is 0 Å². The summed E-state index contributed by atoms with van der Waals surface area (Å²) in [5.41, 5.74) is 1.13. The van der Waals surface area contributed by atoms with Crippen molar-refractivity contribution in [1.29, 1.82) is 0 Å². The molecule has 2 aliphatic rings. The second kappa shape index (κ2) is 8.31. The van der Waals surface area contributed by atoms with Crippen LogP contribution in [-0.2, 0) is 12.3 Å². The molecule has 1 aromatic carbocycles. The van der Waals surface area contributed by atoms with Crippen LogP contribution in [0.2, 0.25) is 0 Å². The summed E-state index contributed by atoms with van der Waals surface area (Å²) in [7, 11) is 0. The van der Waals surface area contributed by atoms with Gasteiger partial charge in [-0.05, 0) is 42.7 Å². The molecule has 0 aliphatic carbocycles. The van der Waals surface area contributed by atoms with Gasteiger partial charge in [0.1, 0.15) is 19.0 Å². The molecule has 0 radical (unpaired) electrons. The number of ether oxygens (including phenoxy) is 2. The fourth-order valence-corrected chi connectivity index (χ4v) is 5.17. The van der Waals surface area contributed by atoms with Gasteiger partial charge in [-0.25, -0.2) is 0 Å². The summed E-state index contributed by atoms with van der Waals surface area (Å²) >= 11 is 5.32. The zero-order chi connectivity index (χ0) is 19.6. The smallest absolute Gasteiger partial charge is 0.228 e. The van der Waals surface area contributed by atoms with Gasteiger partial charge in [0.2, 0.25) is 5.95 Å². The van der Waals surface area contributed by atoms with Crippen molar-refractivity contribution in [2.75, 3.05) is 31.2 Å². The van der Waals surface area contributed by atoms with Crippen LogP contribution >= 0.6 is 27.7 Å². The Morgan fingerprint density at radius 2 is 1.86 bits per heavy atom. The van der Waals surface area contributed by atoms with Gasteiger partial charge < -0.3 is 18.8 Å². The zero-order valence-electron chi connectivity index (χ0n) is 15.8. The highest BCUT2D eigenvalue weighted by Crippen LogP contribution is 2.38. The van der Waals surface area contributed by atoms with Gasteiger partial charge in [-0.3, -0.25) is 4.57 Å². The third-order valence-electron chi connectivity index (χ3n) is 5.05. The Balaban J connectivity index is 1.39. The van der Waals surface area contributed by atoms with Gasteiger partial charge in [-0.1, -0.05) is 27.7 Å². The Morgan fingerprint density at radius 3 is 2.62 bits per heavy atom. The molecule has 3 aromatic rings. The predicted octanol–water partition coefficient (Wildman–Crippen LogP) is 4.35. The highest BCUT2D eigenvalue weighted by atomic mass is 79.9. The second-order valence-corrected chi connectivity index (χ2v) is 8.82. The van der Waals surface area contributed by atoms with Crippen molar-refractivity contribution in [2.24, 2.45) is 0 Å². The Kier molecular flexibility index (Phi) is 5.41. The van der Waals surface area contributed by atoms with E-state index in [1.54, 1.807) is 18.0 Å². The fourth-order valence-electron chi connectivity index (χ4n) is 3.59. The number of hydrogen-bond acceptors (Lipinski definition) is 7. The quantitative estimate of drug-likeness (QED) is 0.490. The molecular formula is C20H21BrN4O3S. The van der Waals surface area contributed by atoms with Crippen molar-refractivity contribution in [1.82, 2.24) is 14.8 Å². The lowest BCUT2D eigenvalue weighted by Crippen LogP contribution is -2.22. The number of halogens is 1. The third kappa shape index (κ3) is 3.98. The van der Waals surface area contributed by atoms with Gasteiger partial charge in [0.25, 0.3) is 0 Å². The van der Waals surface area contributed by atoms with Crippen LogP contribution < -0.4 is 14.4 Å². The molecular weight excluding hydrogens is 456 g/mol. The maximum atomic E-state index is 5.73. The molecule has 9 heteroatoms. The van der Waals surface area contributed by atoms with Gasteiger partial charge >= 0.3 is 0 Å². The molecule has 0 spiro atoms. The monoisotopic (exact) mass is 476 g/mol. The van der Waals surface area contributed by atoms with Crippen molar-refractivity contribution in [2.45, 2.75) is 30.3 Å². The van der Waals surface area contributed by atoms with Crippen molar-refractivity contribution >= 4 is 33.6 Å². The molecule has 4 heterocycles. The third-order valence-corrected chi connectivity index (χ3v) is 6.80. The number of furan rings is 1. The van der Waals surface area contributed by atoms with Crippen molar-refractivity contribution in [3.05, 3.63) is 46.3 Å². The first-order valence-corrected chi connectivity index (χ1v) is 11.5. The van der Waals surface area contributed by atoms with Crippen LogP contribution in [0.15, 0.2) is 44.6 Å². The molecule has 29 heavy (non-hydrogen) atoms. The average molecular weight is 477 g/mol. The summed E-state index contributed by atoms with van der Waals surface area (Å²) < 4.78 is 20.1. The fraction of sp³-hybridized carbons (Fsp3) is 0.400. The molecule has 5 rings (SSSR count). The normalized spacial score (nSPS) is 15.8. The van der Waals surface area contributed by atoms with Crippen LogP contribution in [0, 0.1) is 0 Å². The number of hydrogen-bond donors (Lipinski definition) is 0. The number of thioether (sulfide) groups is 1.